The molecule has 3 fully saturated rings. The van der Waals surface area contributed by atoms with Crippen LogP contribution >= 0.6 is 0 Å². The quantitative estimate of drug-likeness (QED) is 0.399. The predicted octanol–water partition coefficient (Wildman–Crippen LogP) is 6.62. The molecule has 3 aliphatic rings. The third kappa shape index (κ3) is 4.07. The van der Waals surface area contributed by atoms with Crippen LogP contribution in [0.2, 0.25) is 0 Å². The number of ether oxygens (including phenoxy) is 2. The van der Waals surface area contributed by atoms with Crippen LogP contribution in [0.3, 0.4) is 0 Å². The molecule has 3 heteroatoms. The Bertz CT molecular complexity index is 542. The topological polar surface area (TPSA) is 35.5 Å². The molecule has 3 saturated carbocycles. The van der Waals surface area contributed by atoms with Crippen molar-refractivity contribution in [2.45, 2.75) is 79.1 Å². The largest absolute Gasteiger partial charge is 0.508 e. The third-order valence-electron chi connectivity index (χ3n) is 8.58. The molecule has 3 aliphatic carbocycles. The smallest absolute Gasteiger partial charge is 0.434 e. The van der Waals surface area contributed by atoms with Crippen molar-refractivity contribution in [1.82, 2.24) is 0 Å². The Kier molecular flexibility index (Phi) is 6.27. The van der Waals surface area contributed by atoms with E-state index in [0.717, 1.165) is 30.1 Å². The molecule has 0 heterocycles. The molecule has 0 saturated heterocycles. The van der Waals surface area contributed by atoms with Gasteiger partial charge in [-0.2, -0.15) is 0 Å². The van der Waals surface area contributed by atoms with E-state index in [1.807, 2.05) is 0 Å². The van der Waals surface area contributed by atoms with E-state index in [0.29, 0.717) is 17.9 Å². The average Bonchev–Trinajstić information content (AvgIpc) is 2.64. The fraction of sp³-hybridized carbons (Fsp3) is 0.875. The molecule has 0 aromatic carbocycles. The van der Waals surface area contributed by atoms with Crippen LogP contribution in [-0.2, 0) is 9.47 Å². The van der Waals surface area contributed by atoms with Gasteiger partial charge in [0, 0.05) is 5.41 Å². The second-order valence-corrected chi connectivity index (χ2v) is 10.5. The SMILES string of the molecule is C=CCOC(=O)OC[C@@]1(C)CCC[C@@]2(C)C1CCC1CC(C(C)C)CC[C@H]12. The van der Waals surface area contributed by atoms with Crippen LogP contribution < -0.4 is 0 Å². The third-order valence-corrected chi connectivity index (χ3v) is 8.58. The summed E-state index contributed by atoms with van der Waals surface area (Å²) in [5.74, 6) is 4.17. The van der Waals surface area contributed by atoms with Gasteiger partial charge in [0.2, 0.25) is 0 Å². The molecule has 0 aromatic rings. The minimum Gasteiger partial charge on any atom is -0.434 e. The van der Waals surface area contributed by atoms with Gasteiger partial charge in [-0.15, -0.1) is 0 Å². The molecular weight excluding hydrogens is 336 g/mol. The van der Waals surface area contributed by atoms with Crippen LogP contribution in [0.1, 0.15) is 79.1 Å². The maximum atomic E-state index is 11.9. The van der Waals surface area contributed by atoms with E-state index in [1.54, 1.807) is 6.08 Å². The molecule has 0 radical (unpaired) electrons. The summed E-state index contributed by atoms with van der Waals surface area (Å²) in [4.78, 5) is 11.9. The molecule has 0 aliphatic heterocycles. The summed E-state index contributed by atoms with van der Waals surface area (Å²) < 4.78 is 10.6. The summed E-state index contributed by atoms with van der Waals surface area (Å²) in [5, 5.41) is 0. The predicted molar refractivity (Wildman–Crippen MR) is 109 cm³/mol. The minimum atomic E-state index is -0.547. The van der Waals surface area contributed by atoms with E-state index in [9.17, 15) is 4.79 Å². The highest BCUT2D eigenvalue weighted by Crippen LogP contribution is 2.64. The number of fused-ring (bicyclic) bond motifs is 3. The molecular formula is C24H40O3. The zero-order chi connectivity index (χ0) is 19.7. The van der Waals surface area contributed by atoms with Crippen LogP contribution in [0, 0.1) is 40.4 Å². The van der Waals surface area contributed by atoms with Gasteiger partial charge in [0.1, 0.15) is 13.2 Å². The molecule has 3 nitrogen and oxygen atoms in total. The molecule has 0 N–H and O–H groups in total. The van der Waals surface area contributed by atoms with Crippen molar-refractivity contribution >= 4 is 6.16 Å². The first-order valence-electron chi connectivity index (χ1n) is 11.2. The van der Waals surface area contributed by atoms with Gasteiger partial charge < -0.3 is 9.47 Å². The zero-order valence-electron chi connectivity index (χ0n) is 18.0. The van der Waals surface area contributed by atoms with E-state index >= 15 is 0 Å². The summed E-state index contributed by atoms with van der Waals surface area (Å²) in [6.07, 6.45) is 11.7. The normalized spacial score (nSPS) is 41.4. The van der Waals surface area contributed by atoms with Crippen molar-refractivity contribution < 1.29 is 14.3 Å². The van der Waals surface area contributed by atoms with Gasteiger partial charge in [0.05, 0.1) is 0 Å². The van der Waals surface area contributed by atoms with E-state index < -0.39 is 6.16 Å². The Morgan fingerprint density at radius 1 is 1.15 bits per heavy atom. The van der Waals surface area contributed by atoms with Crippen molar-refractivity contribution in [1.29, 1.82) is 0 Å². The Morgan fingerprint density at radius 2 is 1.93 bits per heavy atom. The molecule has 6 atom stereocenters. The van der Waals surface area contributed by atoms with Gasteiger partial charge in [0.25, 0.3) is 0 Å². The first-order chi connectivity index (χ1) is 12.8. The number of hydrogen-bond acceptors (Lipinski definition) is 3. The van der Waals surface area contributed by atoms with E-state index in [-0.39, 0.29) is 12.0 Å². The van der Waals surface area contributed by atoms with Crippen molar-refractivity contribution in [2.24, 2.45) is 40.4 Å². The van der Waals surface area contributed by atoms with Crippen LogP contribution in [0.25, 0.3) is 0 Å². The first-order valence-corrected chi connectivity index (χ1v) is 11.2. The molecule has 27 heavy (non-hydrogen) atoms. The van der Waals surface area contributed by atoms with Crippen LogP contribution in [-0.4, -0.2) is 19.4 Å². The maximum absolute atomic E-state index is 11.9. The highest BCUT2D eigenvalue weighted by atomic mass is 16.7. The van der Waals surface area contributed by atoms with Crippen molar-refractivity contribution in [3.05, 3.63) is 12.7 Å². The highest BCUT2D eigenvalue weighted by Gasteiger charge is 2.57. The summed E-state index contributed by atoms with van der Waals surface area (Å²) in [6.45, 7) is 14.0. The molecule has 0 aromatic heterocycles. The standard InChI is InChI=1S/C24H40O3/c1-6-14-26-22(25)27-16-23(4)12-7-13-24(5)20-10-8-18(17(2)3)15-19(20)9-11-21(23)24/h6,17-21H,1,7-16H2,2-5H3/t18?,19?,20-,21?,23-,24-/m1/s1. The van der Waals surface area contributed by atoms with Gasteiger partial charge in [-0.05, 0) is 80.0 Å². The summed E-state index contributed by atoms with van der Waals surface area (Å²) >= 11 is 0. The second-order valence-electron chi connectivity index (χ2n) is 10.5. The Morgan fingerprint density at radius 3 is 2.63 bits per heavy atom. The monoisotopic (exact) mass is 376 g/mol. The molecule has 3 unspecified atom stereocenters. The zero-order valence-corrected chi connectivity index (χ0v) is 18.0. The number of hydrogen-bond donors (Lipinski definition) is 0. The Hall–Kier alpha value is -0.990. The van der Waals surface area contributed by atoms with E-state index in [4.69, 9.17) is 9.47 Å². The summed E-state index contributed by atoms with van der Waals surface area (Å²) in [7, 11) is 0. The molecule has 154 valence electrons. The molecule has 0 spiro atoms. The Labute approximate surface area is 166 Å². The van der Waals surface area contributed by atoms with Gasteiger partial charge in [-0.1, -0.05) is 46.8 Å². The fourth-order valence-electron chi connectivity index (χ4n) is 7.18. The van der Waals surface area contributed by atoms with Gasteiger partial charge in [-0.3, -0.25) is 0 Å². The number of carbonyl (C=O) groups excluding carboxylic acids is 1. The van der Waals surface area contributed by atoms with Gasteiger partial charge in [-0.25, -0.2) is 4.79 Å². The summed E-state index contributed by atoms with van der Waals surface area (Å²) in [6, 6.07) is 0. The van der Waals surface area contributed by atoms with Gasteiger partial charge >= 0.3 is 6.16 Å². The van der Waals surface area contributed by atoms with Crippen molar-refractivity contribution in [3.8, 4) is 0 Å². The number of carbonyl (C=O) groups is 1. The lowest BCUT2D eigenvalue weighted by molar-refractivity contribution is -0.138. The summed E-state index contributed by atoms with van der Waals surface area (Å²) in [5.41, 5.74) is 0.492. The Balaban J connectivity index is 1.69. The van der Waals surface area contributed by atoms with Crippen LogP contribution in [0.5, 0.6) is 0 Å². The maximum Gasteiger partial charge on any atom is 0.508 e. The van der Waals surface area contributed by atoms with Crippen LogP contribution in [0.4, 0.5) is 4.79 Å². The lowest BCUT2D eigenvalue weighted by atomic mass is 9.44. The lowest BCUT2D eigenvalue weighted by Crippen LogP contribution is -2.55. The van der Waals surface area contributed by atoms with E-state index in [2.05, 4.69) is 34.3 Å². The van der Waals surface area contributed by atoms with Crippen molar-refractivity contribution in [3.63, 3.8) is 0 Å². The highest BCUT2D eigenvalue weighted by molar-refractivity contribution is 5.60. The minimum absolute atomic E-state index is 0.0834. The average molecular weight is 377 g/mol. The van der Waals surface area contributed by atoms with Crippen molar-refractivity contribution in [2.75, 3.05) is 13.2 Å². The first kappa shape index (κ1) is 20.7. The molecule has 3 rings (SSSR count). The number of rotatable bonds is 5. The molecule has 0 amide bonds. The van der Waals surface area contributed by atoms with Gasteiger partial charge in [0.15, 0.2) is 0 Å². The second kappa shape index (κ2) is 8.17. The fourth-order valence-corrected chi connectivity index (χ4v) is 7.18. The van der Waals surface area contributed by atoms with Crippen LogP contribution in [0.15, 0.2) is 12.7 Å². The lowest BCUT2D eigenvalue weighted by Gasteiger charge is -2.61. The van der Waals surface area contributed by atoms with E-state index in [1.165, 1.54) is 44.9 Å². The molecule has 0 bridgehead atoms.